The Bertz CT molecular complexity index is 1410. The lowest BCUT2D eigenvalue weighted by atomic mass is 10.1. The number of nitriles is 1. The van der Waals surface area contributed by atoms with Gasteiger partial charge in [-0.2, -0.15) is 5.26 Å². The van der Waals surface area contributed by atoms with Crippen LogP contribution in [0.3, 0.4) is 0 Å². The highest BCUT2D eigenvalue weighted by atomic mass is 16.6. The molecule has 2 N–H and O–H groups in total. The van der Waals surface area contributed by atoms with Crippen LogP contribution < -0.4 is 10.1 Å². The number of aromatic carboxylic acids is 1. The number of rotatable bonds is 8. The number of carboxylic acid groups (broad SMARTS) is 1. The highest BCUT2D eigenvalue weighted by Gasteiger charge is 2.21. The largest absolute Gasteiger partial charge is 0.478 e. The van der Waals surface area contributed by atoms with Crippen molar-refractivity contribution < 1.29 is 29.3 Å². The Morgan fingerprint density at radius 3 is 2.31 bits per heavy atom. The number of anilines is 1. The molecule has 0 spiro atoms. The second kappa shape index (κ2) is 10.4. The molecule has 3 rings (SSSR count). The van der Waals surface area contributed by atoms with Crippen LogP contribution in [-0.2, 0) is 4.79 Å². The molecule has 3 aromatic rings. The number of carbonyl (C=O) groups is 2. The first-order valence-electron chi connectivity index (χ1n) is 9.65. The molecule has 0 radical (unpaired) electrons. The van der Waals surface area contributed by atoms with Crippen LogP contribution in [0.5, 0.6) is 11.5 Å². The SMILES string of the molecule is N#C/C(=C/c1ccc(Oc2ccc([N+](=O)[O-])cc2[N+](=O)[O-])cc1)C(=O)Nc1cccc(C(=O)O)c1. The molecule has 0 atom stereocenters. The summed E-state index contributed by atoms with van der Waals surface area (Å²) in [6.07, 6.45) is 1.29. The Hall–Kier alpha value is -5.57. The van der Waals surface area contributed by atoms with Crippen LogP contribution in [-0.4, -0.2) is 26.8 Å². The normalized spacial score (nSPS) is 10.7. The highest BCUT2D eigenvalue weighted by Crippen LogP contribution is 2.34. The van der Waals surface area contributed by atoms with Gasteiger partial charge >= 0.3 is 11.7 Å². The minimum Gasteiger partial charge on any atom is -0.478 e. The summed E-state index contributed by atoms with van der Waals surface area (Å²) in [5.41, 5.74) is -0.703. The fourth-order valence-corrected chi connectivity index (χ4v) is 2.85. The summed E-state index contributed by atoms with van der Waals surface area (Å²) >= 11 is 0. The van der Waals surface area contributed by atoms with Gasteiger partial charge in [0.05, 0.1) is 21.5 Å². The fourth-order valence-electron chi connectivity index (χ4n) is 2.85. The molecule has 0 aliphatic heterocycles. The fraction of sp³-hybridized carbons (Fsp3) is 0. The first-order chi connectivity index (χ1) is 16.7. The van der Waals surface area contributed by atoms with E-state index in [4.69, 9.17) is 9.84 Å². The Balaban J connectivity index is 1.77. The van der Waals surface area contributed by atoms with Crippen LogP contribution in [0.2, 0.25) is 0 Å². The predicted octanol–water partition coefficient (Wildman–Crippen LogP) is 4.54. The number of hydrogen-bond donors (Lipinski definition) is 2. The molecule has 0 saturated carbocycles. The maximum Gasteiger partial charge on any atom is 0.335 e. The van der Waals surface area contributed by atoms with E-state index < -0.39 is 33.1 Å². The third kappa shape index (κ3) is 6.02. The van der Waals surface area contributed by atoms with Crippen LogP contribution in [0.1, 0.15) is 15.9 Å². The molecule has 0 aliphatic rings. The zero-order valence-electron chi connectivity index (χ0n) is 17.6. The lowest BCUT2D eigenvalue weighted by Gasteiger charge is -2.07. The van der Waals surface area contributed by atoms with Gasteiger partial charge in [0.2, 0.25) is 5.75 Å². The second-order valence-corrected chi connectivity index (χ2v) is 6.85. The minimum atomic E-state index is -1.17. The van der Waals surface area contributed by atoms with Gasteiger partial charge in [-0.3, -0.25) is 25.0 Å². The number of amides is 1. The Morgan fingerprint density at radius 1 is 1.00 bits per heavy atom. The van der Waals surface area contributed by atoms with E-state index in [-0.39, 0.29) is 28.3 Å². The van der Waals surface area contributed by atoms with Crippen LogP contribution in [0.25, 0.3) is 6.08 Å². The van der Waals surface area contributed by atoms with Gasteiger partial charge in [-0.25, -0.2) is 4.79 Å². The maximum atomic E-state index is 12.4. The van der Waals surface area contributed by atoms with Crippen molar-refractivity contribution in [2.75, 3.05) is 5.32 Å². The number of ether oxygens (including phenoxy) is 1. The molecule has 35 heavy (non-hydrogen) atoms. The Labute approximate surface area is 196 Å². The lowest BCUT2D eigenvalue weighted by molar-refractivity contribution is -0.394. The third-order valence-electron chi connectivity index (χ3n) is 4.50. The maximum absolute atomic E-state index is 12.4. The number of nitrogens with zero attached hydrogens (tertiary/aromatic N) is 3. The van der Waals surface area contributed by atoms with Gasteiger partial charge in [-0.05, 0) is 48.0 Å². The van der Waals surface area contributed by atoms with Crippen LogP contribution in [0.4, 0.5) is 17.1 Å². The summed E-state index contributed by atoms with van der Waals surface area (Å²) in [5, 5.41) is 42.9. The molecule has 1 amide bonds. The van der Waals surface area contributed by atoms with Crippen molar-refractivity contribution in [3.05, 3.63) is 104 Å². The van der Waals surface area contributed by atoms with Crippen molar-refractivity contribution in [1.82, 2.24) is 0 Å². The van der Waals surface area contributed by atoms with Gasteiger partial charge < -0.3 is 15.2 Å². The highest BCUT2D eigenvalue weighted by molar-refractivity contribution is 6.10. The number of nitro benzene ring substituents is 2. The quantitative estimate of drug-likeness (QED) is 0.204. The monoisotopic (exact) mass is 474 g/mol. The summed E-state index contributed by atoms with van der Waals surface area (Å²) in [5.74, 6) is -1.95. The van der Waals surface area contributed by atoms with E-state index in [1.807, 2.05) is 0 Å². The van der Waals surface area contributed by atoms with Crippen molar-refractivity contribution in [3.8, 4) is 17.6 Å². The van der Waals surface area contributed by atoms with Gasteiger partial charge in [0.25, 0.3) is 11.6 Å². The summed E-state index contributed by atoms with van der Waals surface area (Å²) in [4.78, 5) is 44.0. The molecule has 12 heteroatoms. The van der Waals surface area contributed by atoms with Crippen molar-refractivity contribution in [1.29, 1.82) is 5.26 Å². The second-order valence-electron chi connectivity index (χ2n) is 6.85. The van der Waals surface area contributed by atoms with E-state index in [0.717, 1.165) is 18.2 Å². The molecular weight excluding hydrogens is 460 g/mol. The van der Waals surface area contributed by atoms with E-state index in [1.54, 1.807) is 6.07 Å². The first kappa shape index (κ1) is 24.1. The van der Waals surface area contributed by atoms with Crippen molar-refractivity contribution in [3.63, 3.8) is 0 Å². The average molecular weight is 474 g/mol. The average Bonchev–Trinajstić information content (AvgIpc) is 2.83. The van der Waals surface area contributed by atoms with Crippen molar-refractivity contribution >= 4 is 35.0 Å². The molecule has 0 aromatic heterocycles. The number of carbonyl (C=O) groups excluding carboxylic acids is 1. The summed E-state index contributed by atoms with van der Waals surface area (Å²) in [6, 6.07) is 16.1. The molecular formula is C23H14N4O8. The molecule has 0 saturated heterocycles. The predicted molar refractivity (Wildman–Crippen MR) is 122 cm³/mol. The first-order valence-corrected chi connectivity index (χ1v) is 9.65. The van der Waals surface area contributed by atoms with E-state index in [1.165, 1.54) is 54.6 Å². The minimum absolute atomic E-state index is 0.0332. The van der Waals surface area contributed by atoms with Crippen molar-refractivity contribution in [2.45, 2.75) is 0 Å². The van der Waals surface area contributed by atoms with E-state index in [0.29, 0.717) is 5.56 Å². The van der Waals surface area contributed by atoms with Gasteiger partial charge in [0, 0.05) is 11.8 Å². The zero-order chi connectivity index (χ0) is 25.5. The number of non-ortho nitro benzene ring substituents is 1. The smallest absolute Gasteiger partial charge is 0.335 e. The summed E-state index contributed by atoms with van der Waals surface area (Å²) in [6.45, 7) is 0. The standard InChI is InChI=1S/C23H14N4O8/c24-13-16(22(28)25-17-3-1-2-15(11-17)23(29)30)10-14-4-7-19(8-5-14)35-21-9-6-18(26(31)32)12-20(21)27(33)34/h1-12H,(H,25,28)(H,29,30)/b16-10-. The molecule has 0 aliphatic carbocycles. The molecule has 174 valence electrons. The summed E-state index contributed by atoms with van der Waals surface area (Å²) in [7, 11) is 0. The van der Waals surface area contributed by atoms with E-state index in [9.17, 15) is 35.1 Å². The zero-order valence-corrected chi connectivity index (χ0v) is 17.6. The number of hydrogen-bond acceptors (Lipinski definition) is 8. The van der Waals surface area contributed by atoms with E-state index in [2.05, 4.69) is 5.32 Å². The van der Waals surface area contributed by atoms with Gasteiger partial charge in [-0.1, -0.05) is 18.2 Å². The summed E-state index contributed by atoms with van der Waals surface area (Å²) < 4.78 is 5.47. The lowest BCUT2D eigenvalue weighted by Crippen LogP contribution is -2.13. The molecule has 12 nitrogen and oxygen atoms in total. The Kier molecular flexibility index (Phi) is 7.13. The van der Waals surface area contributed by atoms with Gasteiger partial charge in [0.15, 0.2) is 0 Å². The van der Waals surface area contributed by atoms with Crippen molar-refractivity contribution in [2.24, 2.45) is 0 Å². The van der Waals surface area contributed by atoms with Gasteiger partial charge in [-0.15, -0.1) is 0 Å². The molecule has 0 heterocycles. The topological polar surface area (TPSA) is 186 Å². The molecule has 0 bridgehead atoms. The molecule has 0 unspecified atom stereocenters. The Morgan fingerprint density at radius 2 is 1.71 bits per heavy atom. The third-order valence-corrected chi connectivity index (χ3v) is 4.50. The number of carboxylic acids is 1. The number of nitrogens with one attached hydrogen (secondary N) is 1. The molecule has 3 aromatic carbocycles. The van der Waals surface area contributed by atoms with Crippen LogP contribution in [0, 0.1) is 31.6 Å². The van der Waals surface area contributed by atoms with Crippen LogP contribution >= 0.6 is 0 Å². The number of nitro groups is 2. The number of benzene rings is 3. The van der Waals surface area contributed by atoms with E-state index >= 15 is 0 Å². The van der Waals surface area contributed by atoms with Crippen LogP contribution in [0.15, 0.2) is 72.3 Å². The molecule has 0 fully saturated rings. The van der Waals surface area contributed by atoms with Gasteiger partial charge in [0.1, 0.15) is 17.4 Å².